The van der Waals surface area contributed by atoms with Crippen LogP contribution in [0.5, 0.6) is 23.0 Å². The Morgan fingerprint density at radius 3 is 1.54 bits per heavy atom. The van der Waals surface area contributed by atoms with Gasteiger partial charge < -0.3 is 37.4 Å². The standard InChI is InChI=1S/C28H32O36S7/c1-10-21(59-66(34,35)36)23(61-68(40,41)42)25(63-70(46,47)48)27(54-10)53-9-19-22(60-67(37,38)39)24(62-69(43,44)45)26(64-71(49,50)51)28(57-19)55-12-6-13(29)20-14(30)8-16(56-18(20)7-12)11-3-4-15(52-2)17(5-11)58-65(31,32)33/h3-8,10,19,21-29H,9H2,1-2H3,(H,31,32,33)(H,34,35,36)(H,37,38,39)(H,40,41,42)(H,43,44,45)(H,46,47,48)(H,49,50,51). The van der Waals surface area contributed by atoms with Crippen LogP contribution < -0.4 is 19.1 Å². The van der Waals surface area contributed by atoms with Crippen molar-refractivity contribution in [1.82, 2.24) is 0 Å². The molecule has 71 heavy (non-hydrogen) atoms. The van der Waals surface area contributed by atoms with E-state index in [0.717, 1.165) is 32.2 Å². The summed E-state index contributed by atoms with van der Waals surface area (Å²) in [6.45, 7) is -0.882. The number of methoxy groups -OCH3 is 1. The zero-order valence-corrected chi connectivity index (χ0v) is 40.0. The third kappa shape index (κ3) is 16.7. The quantitative estimate of drug-likeness (QED) is 0.0505. The Kier molecular flexibility index (Phi) is 17.1. The zero-order valence-electron chi connectivity index (χ0n) is 34.3. The van der Waals surface area contributed by atoms with Gasteiger partial charge in [-0.25, -0.2) is 25.1 Å². The predicted octanol–water partition coefficient (Wildman–Crippen LogP) is -2.65. The molecule has 36 nitrogen and oxygen atoms in total. The number of phenolic OH excluding ortho intramolecular Hbond substituents is 1. The van der Waals surface area contributed by atoms with Crippen LogP contribution in [-0.4, -0.2) is 171 Å². The highest BCUT2D eigenvalue weighted by Crippen LogP contribution is 2.39. The molecule has 1 aromatic heterocycles. The number of benzene rings is 2. The van der Waals surface area contributed by atoms with E-state index in [9.17, 15) is 101 Å². The topological polar surface area (TPSA) is 542 Å². The summed E-state index contributed by atoms with van der Waals surface area (Å²) in [5.41, 5.74) is -1.94. The van der Waals surface area contributed by atoms with Crippen molar-refractivity contribution >= 4 is 83.8 Å². The number of rotatable bonds is 21. The molecule has 5 rings (SSSR count). The van der Waals surface area contributed by atoms with Crippen LogP contribution in [0.25, 0.3) is 22.3 Å². The minimum atomic E-state index is -6.07. The monoisotopic (exact) mass is 1170 g/mol. The molecular weight excluding hydrogens is 1140 g/mol. The van der Waals surface area contributed by atoms with E-state index in [0.29, 0.717) is 12.1 Å². The van der Waals surface area contributed by atoms with Crippen LogP contribution in [0.2, 0.25) is 0 Å². The second-order valence-corrected chi connectivity index (χ2v) is 21.1. The molecule has 0 amide bonds. The molecule has 10 atom stereocenters. The van der Waals surface area contributed by atoms with Crippen molar-refractivity contribution in [2.24, 2.45) is 0 Å². The van der Waals surface area contributed by atoms with Crippen molar-refractivity contribution in [2.75, 3.05) is 13.7 Å². The first kappa shape index (κ1) is 57.8. The van der Waals surface area contributed by atoms with Crippen molar-refractivity contribution in [1.29, 1.82) is 0 Å². The molecule has 2 aliphatic heterocycles. The van der Waals surface area contributed by atoms with E-state index in [-0.39, 0.29) is 11.3 Å². The van der Waals surface area contributed by atoms with Crippen molar-refractivity contribution in [2.45, 2.75) is 68.3 Å². The molecule has 2 aromatic carbocycles. The minimum absolute atomic E-state index is 0.192. The maximum atomic E-state index is 13.3. The van der Waals surface area contributed by atoms with E-state index in [1.807, 2.05) is 0 Å². The number of ether oxygens (including phenoxy) is 5. The smallest absolute Gasteiger partial charge is 0.446 e. The Labute approximate surface area is 398 Å². The average Bonchev–Trinajstić information content (AvgIpc) is 3.15. The van der Waals surface area contributed by atoms with E-state index < -0.39 is 180 Å². The second kappa shape index (κ2) is 21.0. The van der Waals surface area contributed by atoms with Crippen LogP contribution in [0.1, 0.15) is 6.92 Å². The second-order valence-electron chi connectivity index (χ2n) is 13.8. The van der Waals surface area contributed by atoms with Crippen LogP contribution >= 0.6 is 0 Å². The van der Waals surface area contributed by atoms with Gasteiger partial charge in [0.15, 0.2) is 35.4 Å². The fourth-order valence-corrected chi connectivity index (χ4v) is 9.90. The number of hydrogen-bond acceptors (Lipinski definition) is 29. The molecule has 0 aliphatic carbocycles. The summed E-state index contributed by atoms with van der Waals surface area (Å²) in [7, 11) is -39.7. The third-order valence-electron chi connectivity index (χ3n) is 8.82. The van der Waals surface area contributed by atoms with Crippen molar-refractivity contribution < 1.29 is 153 Å². The summed E-state index contributed by atoms with van der Waals surface area (Å²) in [6, 6.07) is 5.11. The molecule has 0 bridgehead atoms. The van der Waals surface area contributed by atoms with E-state index in [1.165, 1.54) is 6.07 Å². The molecule has 2 aliphatic rings. The first-order valence-corrected chi connectivity index (χ1v) is 27.4. The molecule has 2 saturated heterocycles. The Bertz CT molecular complexity index is 3360. The first-order chi connectivity index (χ1) is 32.2. The van der Waals surface area contributed by atoms with Gasteiger partial charge in [0, 0.05) is 23.8 Å². The maximum absolute atomic E-state index is 13.3. The molecule has 402 valence electrons. The van der Waals surface area contributed by atoms with Crippen molar-refractivity contribution in [3.05, 3.63) is 46.6 Å². The summed E-state index contributed by atoms with van der Waals surface area (Å²) in [6.07, 6.45) is -27.8. The SMILES string of the molecule is COc1ccc(-c2cc(=O)c3c(O)cc(OC4OC(COC5OC(C)C(OS(=O)(=O)O)C(OS(=O)(=O)O)C5OS(=O)(=O)O)C(OS(=O)(=O)O)C(OS(=O)(=O)O)C4OS(=O)(=O)O)cc3o2)cc1OS(=O)(=O)O. The summed E-state index contributed by atoms with van der Waals surface area (Å²) in [5, 5.41) is 10.3. The molecule has 8 N–H and O–H groups in total. The molecule has 0 saturated carbocycles. The van der Waals surface area contributed by atoms with Gasteiger partial charge >= 0.3 is 72.8 Å². The van der Waals surface area contributed by atoms with E-state index in [2.05, 4.69) is 29.3 Å². The lowest BCUT2D eigenvalue weighted by Gasteiger charge is -2.45. The molecule has 2 fully saturated rings. The largest absolute Gasteiger partial charge is 0.507 e. The van der Waals surface area contributed by atoms with Gasteiger partial charge in [0.2, 0.25) is 6.29 Å². The lowest BCUT2D eigenvalue weighted by atomic mass is 9.98. The van der Waals surface area contributed by atoms with Gasteiger partial charge in [-0.3, -0.25) is 36.7 Å². The fourth-order valence-electron chi connectivity index (χ4n) is 6.52. The molecular formula is C28H32O36S7. The molecule has 3 heterocycles. The summed E-state index contributed by atoms with van der Waals surface area (Å²) in [5.74, 6) is -3.34. The van der Waals surface area contributed by atoms with Crippen LogP contribution in [0.4, 0.5) is 0 Å². The highest BCUT2D eigenvalue weighted by Gasteiger charge is 2.57. The lowest BCUT2D eigenvalue weighted by Crippen LogP contribution is -2.65. The highest BCUT2D eigenvalue weighted by atomic mass is 32.3. The lowest BCUT2D eigenvalue weighted by molar-refractivity contribution is -0.306. The average molecular weight is 1170 g/mol. The fraction of sp³-hybridized carbons (Fsp3) is 0.464. The Morgan fingerprint density at radius 1 is 0.549 bits per heavy atom. The molecule has 0 radical (unpaired) electrons. The highest BCUT2D eigenvalue weighted by molar-refractivity contribution is 7.82. The molecule has 43 heteroatoms. The Morgan fingerprint density at radius 2 is 1.03 bits per heavy atom. The van der Waals surface area contributed by atoms with Gasteiger partial charge in [-0.05, 0) is 25.1 Å². The summed E-state index contributed by atoms with van der Waals surface area (Å²) >= 11 is 0. The van der Waals surface area contributed by atoms with Crippen molar-refractivity contribution in [3.63, 3.8) is 0 Å². The van der Waals surface area contributed by atoms with Gasteiger partial charge in [0.05, 0.1) is 19.8 Å². The van der Waals surface area contributed by atoms with Gasteiger partial charge in [-0.1, -0.05) is 0 Å². The summed E-state index contributed by atoms with van der Waals surface area (Å²) in [4.78, 5) is 13.3. The van der Waals surface area contributed by atoms with Gasteiger partial charge in [-0.2, -0.15) is 58.9 Å². The molecule has 3 aromatic rings. The normalized spacial score (nSPS) is 26.2. The van der Waals surface area contributed by atoms with Crippen LogP contribution in [0.3, 0.4) is 0 Å². The first-order valence-electron chi connectivity index (χ1n) is 17.9. The van der Waals surface area contributed by atoms with Crippen molar-refractivity contribution in [3.8, 4) is 34.3 Å². The number of fused-ring (bicyclic) bond motifs is 1. The molecule has 0 spiro atoms. The number of phenols is 1. The minimum Gasteiger partial charge on any atom is -0.507 e. The summed E-state index contributed by atoms with van der Waals surface area (Å²) < 4.78 is 296. The number of hydrogen-bond donors (Lipinski definition) is 8. The maximum Gasteiger partial charge on any atom is 0.446 e. The van der Waals surface area contributed by atoms with Crippen LogP contribution in [0, 0.1) is 0 Å². The zero-order chi connectivity index (χ0) is 53.6. The van der Waals surface area contributed by atoms with E-state index in [1.54, 1.807) is 0 Å². The van der Waals surface area contributed by atoms with Crippen LogP contribution in [-0.2, 0) is 112 Å². The van der Waals surface area contributed by atoms with Gasteiger partial charge in [0.1, 0.15) is 58.7 Å². The van der Waals surface area contributed by atoms with Crippen LogP contribution in [0.15, 0.2) is 45.6 Å². The third-order valence-corrected chi connectivity index (χ3v) is 12.0. The molecule has 10 unspecified atom stereocenters. The van der Waals surface area contributed by atoms with Gasteiger partial charge in [0.25, 0.3) is 0 Å². The predicted molar refractivity (Wildman–Crippen MR) is 216 cm³/mol. The number of aromatic hydroxyl groups is 1. The Balaban J connectivity index is 1.64. The Hall–Kier alpha value is -4.14. The van der Waals surface area contributed by atoms with E-state index >= 15 is 0 Å². The van der Waals surface area contributed by atoms with E-state index in [4.69, 9.17) is 28.1 Å². The van der Waals surface area contributed by atoms with Gasteiger partial charge in [-0.15, -0.1) is 0 Å².